The quantitative estimate of drug-likeness (QED) is 0.526. The highest BCUT2D eigenvalue weighted by molar-refractivity contribution is 7.93. The van der Waals surface area contributed by atoms with Gasteiger partial charge in [0.15, 0.2) is 0 Å². The highest BCUT2D eigenvalue weighted by Crippen LogP contribution is 2.33. The van der Waals surface area contributed by atoms with Crippen molar-refractivity contribution in [3.63, 3.8) is 0 Å². The van der Waals surface area contributed by atoms with E-state index in [0.29, 0.717) is 11.3 Å². The summed E-state index contributed by atoms with van der Waals surface area (Å²) in [5.41, 5.74) is 0.735. The van der Waals surface area contributed by atoms with Crippen LogP contribution in [0.1, 0.15) is 21.5 Å². The van der Waals surface area contributed by atoms with Crippen molar-refractivity contribution < 1.29 is 35.1 Å². The summed E-state index contributed by atoms with van der Waals surface area (Å²) >= 11 is 0.669. The third kappa shape index (κ3) is 4.97. The smallest absolute Gasteiger partial charge is 0.387 e. The van der Waals surface area contributed by atoms with E-state index >= 15 is 0 Å². The molecule has 0 atom stereocenters. The summed E-state index contributed by atoms with van der Waals surface area (Å²) in [4.78, 5) is 12.2. The molecular formula is C20H17F2NO6S3. The van der Waals surface area contributed by atoms with Gasteiger partial charge in [-0.15, -0.1) is 11.3 Å². The highest BCUT2D eigenvalue weighted by atomic mass is 32.2. The van der Waals surface area contributed by atoms with Crippen molar-refractivity contribution in [1.82, 2.24) is 4.72 Å². The van der Waals surface area contributed by atoms with Crippen LogP contribution < -0.4 is 9.46 Å². The third-order valence-corrected chi connectivity index (χ3v) is 9.50. The summed E-state index contributed by atoms with van der Waals surface area (Å²) in [7, 11) is -8.36. The Bertz CT molecular complexity index is 1350. The number of halogens is 2. The lowest BCUT2D eigenvalue weighted by atomic mass is 10.2. The Kier molecular flexibility index (Phi) is 6.67. The van der Waals surface area contributed by atoms with Gasteiger partial charge >= 0.3 is 6.61 Å². The molecule has 0 aliphatic rings. The van der Waals surface area contributed by atoms with E-state index in [-0.39, 0.29) is 30.9 Å². The molecule has 1 amide bonds. The molecule has 3 aromatic rings. The molecule has 170 valence electrons. The topological polar surface area (TPSA) is 107 Å². The van der Waals surface area contributed by atoms with Crippen LogP contribution in [0.4, 0.5) is 8.78 Å². The largest absolute Gasteiger partial charge is 0.435 e. The number of hydrogen-bond donors (Lipinski definition) is 1. The molecule has 32 heavy (non-hydrogen) atoms. The van der Waals surface area contributed by atoms with Gasteiger partial charge in [0.1, 0.15) is 9.96 Å². The average Bonchev–Trinajstić information content (AvgIpc) is 3.11. The van der Waals surface area contributed by atoms with Gasteiger partial charge in [0, 0.05) is 10.9 Å². The number of thiophene rings is 1. The second-order valence-electron chi connectivity index (χ2n) is 6.67. The minimum atomic E-state index is -4.39. The average molecular weight is 502 g/mol. The van der Waals surface area contributed by atoms with Crippen molar-refractivity contribution >= 4 is 37.1 Å². The zero-order valence-corrected chi connectivity index (χ0v) is 19.2. The van der Waals surface area contributed by atoms with E-state index in [9.17, 15) is 30.4 Å². The molecule has 0 fully saturated rings. The first-order chi connectivity index (χ1) is 14.9. The number of alkyl halides is 2. The molecule has 0 spiro atoms. The first kappa shape index (κ1) is 23.8. The van der Waals surface area contributed by atoms with Crippen molar-refractivity contribution in [3.05, 3.63) is 70.6 Å². The lowest BCUT2D eigenvalue weighted by Crippen LogP contribution is -2.30. The van der Waals surface area contributed by atoms with Crippen molar-refractivity contribution in [1.29, 1.82) is 0 Å². The molecule has 12 heteroatoms. The molecule has 1 aromatic heterocycles. The van der Waals surface area contributed by atoms with Crippen LogP contribution in [0.2, 0.25) is 0 Å². The van der Waals surface area contributed by atoms with Crippen LogP contribution in [0.15, 0.2) is 67.9 Å². The number of sulfone groups is 1. The number of benzene rings is 2. The molecule has 0 aliphatic heterocycles. The number of aryl methyl sites for hydroxylation is 1. The number of hydrogen-bond acceptors (Lipinski definition) is 7. The number of rotatable bonds is 7. The zero-order valence-electron chi connectivity index (χ0n) is 16.7. The first-order valence-electron chi connectivity index (χ1n) is 8.93. The summed E-state index contributed by atoms with van der Waals surface area (Å²) in [6.07, 6.45) is 0. The van der Waals surface area contributed by atoms with Gasteiger partial charge in [-0.25, -0.2) is 21.6 Å². The Balaban J connectivity index is 1.86. The van der Waals surface area contributed by atoms with Gasteiger partial charge < -0.3 is 4.74 Å². The van der Waals surface area contributed by atoms with Crippen LogP contribution in [0, 0.1) is 13.8 Å². The van der Waals surface area contributed by atoms with Gasteiger partial charge in [-0.1, -0.05) is 17.7 Å². The summed E-state index contributed by atoms with van der Waals surface area (Å²) in [5.74, 6) is -1.20. The van der Waals surface area contributed by atoms with Crippen LogP contribution in [0.5, 0.6) is 5.75 Å². The van der Waals surface area contributed by atoms with Gasteiger partial charge in [0.25, 0.3) is 15.9 Å². The maximum atomic E-state index is 12.9. The Morgan fingerprint density at radius 2 is 1.56 bits per heavy atom. The Morgan fingerprint density at radius 1 is 0.969 bits per heavy atom. The standard InChI is InChI=1S/C20H17F2NO6S3/c1-12-3-9-16(10-4-12)31(25,26)17-11-30-19(13(17)2)32(27,28)23-18(24)14-5-7-15(8-6-14)29-20(21)22/h3-11,20H,1-2H3,(H,23,24). The highest BCUT2D eigenvalue weighted by Gasteiger charge is 2.29. The lowest BCUT2D eigenvalue weighted by molar-refractivity contribution is -0.0498. The number of nitrogens with one attached hydrogen (secondary N) is 1. The van der Waals surface area contributed by atoms with Gasteiger partial charge in [-0.05, 0) is 55.8 Å². The van der Waals surface area contributed by atoms with E-state index in [1.54, 1.807) is 19.1 Å². The molecule has 1 heterocycles. The summed E-state index contributed by atoms with van der Waals surface area (Å²) in [5, 5.41) is 1.21. The van der Waals surface area contributed by atoms with E-state index in [2.05, 4.69) is 4.74 Å². The monoisotopic (exact) mass is 501 g/mol. The Hall–Kier alpha value is -2.83. The summed E-state index contributed by atoms with van der Waals surface area (Å²) < 4.78 is 81.4. The first-order valence-corrected chi connectivity index (χ1v) is 12.8. The van der Waals surface area contributed by atoms with Crippen molar-refractivity contribution in [2.24, 2.45) is 0 Å². The normalized spacial score (nSPS) is 12.0. The number of ether oxygens (including phenoxy) is 1. The lowest BCUT2D eigenvalue weighted by Gasteiger charge is -2.09. The SMILES string of the molecule is Cc1ccc(S(=O)(=O)c2csc(S(=O)(=O)NC(=O)c3ccc(OC(F)F)cc3)c2C)cc1. The molecule has 2 aromatic carbocycles. The van der Waals surface area contributed by atoms with Gasteiger partial charge in [-0.2, -0.15) is 8.78 Å². The molecule has 7 nitrogen and oxygen atoms in total. The van der Waals surface area contributed by atoms with Gasteiger partial charge in [-0.3, -0.25) is 4.79 Å². The predicted molar refractivity (Wildman–Crippen MR) is 113 cm³/mol. The third-order valence-electron chi connectivity index (χ3n) is 4.38. The van der Waals surface area contributed by atoms with E-state index in [4.69, 9.17) is 0 Å². The molecule has 0 unspecified atom stereocenters. The van der Waals surface area contributed by atoms with E-state index in [0.717, 1.165) is 29.8 Å². The Labute approximate surface area is 187 Å². The summed E-state index contributed by atoms with van der Waals surface area (Å²) in [6.45, 7) is 0.105. The van der Waals surface area contributed by atoms with E-state index in [1.165, 1.54) is 24.4 Å². The number of sulfonamides is 1. The maximum Gasteiger partial charge on any atom is 0.387 e. The van der Waals surface area contributed by atoms with Crippen LogP contribution in [-0.2, 0) is 19.9 Å². The number of amides is 1. The van der Waals surface area contributed by atoms with E-state index in [1.807, 2.05) is 4.72 Å². The molecular weight excluding hydrogens is 484 g/mol. The van der Waals surface area contributed by atoms with E-state index < -0.39 is 32.4 Å². The fourth-order valence-electron chi connectivity index (χ4n) is 2.77. The Morgan fingerprint density at radius 3 is 2.12 bits per heavy atom. The van der Waals surface area contributed by atoms with Gasteiger partial charge in [0.05, 0.1) is 9.79 Å². The van der Waals surface area contributed by atoms with Crippen LogP contribution in [0.25, 0.3) is 0 Å². The molecule has 1 N–H and O–H groups in total. The fraction of sp³-hybridized carbons (Fsp3) is 0.150. The van der Waals surface area contributed by atoms with Crippen molar-refractivity contribution in [3.8, 4) is 5.75 Å². The molecule has 0 radical (unpaired) electrons. The maximum absolute atomic E-state index is 12.9. The number of carbonyl (C=O) groups excluding carboxylic acids is 1. The number of carbonyl (C=O) groups is 1. The molecule has 0 aliphatic carbocycles. The van der Waals surface area contributed by atoms with Crippen LogP contribution >= 0.6 is 11.3 Å². The van der Waals surface area contributed by atoms with Gasteiger partial charge in [0.2, 0.25) is 9.84 Å². The van der Waals surface area contributed by atoms with Crippen LogP contribution in [0.3, 0.4) is 0 Å². The molecule has 0 bridgehead atoms. The summed E-state index contributed by atoms with van der Waals surface area (Å²) in [6, 6.07) is 10.5. The molecule has 0 saturated carbocycles. The second kappa shape index (κ2) is 8.96. The zero-order chi connectivity index (χ0) is 23.7. The predicted octanol–water partition coefficient (Wildman–Crippen LogP) is 3.92. The molecule has 3 rings (SSSR count). The second-order valence-corrected chi connectivity index (χ2v) is 11.3. The minimum Gasteiger partial charge on any atom is -0.435 e. The molecule has 0 saturated heterocycles. The van der Waals surface area contributed by atoms with Crippen molar-refractivity contribution in [2.75, 3.05) is 0 Å². The van der Waals surface area contributed by atoms with Crippen molar-refractivity contribution in [2.45, 2.75) is 34.5 Å². The fourth-order valence-corrected chi connectivity index (χ4v) is 7.23. The van der Waals surface area contributed by atoms with Crippen LogP contribution in [-0.4, -0.2) is 29.4 Å². The minimum absolute atomic E-state index is 0.0167.